The summed E-state index contributed by atoms with van der Waals surface area (Å²) in [5.41, 5.74) is -1.21. The van der Waals surface area contributed by atoms with Gasteiger partial charge in [0.25, 0.3) is 11.8 Å². The highest BCUT2D eigenvalue weighted by Crippen LogP contribution is 2.34. The summed E-state index contributed by atoms with van der Waals surface area (Å²) in [6.45, 7) is 4.51. The van der Waals surface area contributed by atoms with E-state index in [1.807, 2.05) is 0 Å². The minimum atomic E-state index is -2.80. The number of alkyl halides is 2. The number of amides is 1. The van der Waals surface area contributed by atoms with E-state index in [0.29, 0.717) is 6.54 Å². The van der Waals surface area contributed by atoms with E-state index in [1.165, 1.54) is 32.0 Å². The van der Waals surface area contributed by atoms with E-state index < -0.39 is 23.1 Å². The van der Waals surface area contributed by atoms with Crippen molar-refractivity contribution >= 4 is 5.91 Å². The van der Waals surface area contributed by atoms with Crippen LogP contribution in [0.2, 0.25) is 0 Å². The van der Waals surface area contributed by atoms with Crippen LogP contribution in [0.15, 0.2) is 24.3 Å². The van der Waals surface area contributed by atoms with Crippen LogP contribution < -0.4 is 10.6 Å². The third-order valence-electron chi connectivity index (χ3n) is 3.46. The van der Waals surface area contributed by atoms with Gasteiger partial charge in [-0.25, -0.2) is 13.2 Å². The van der Waals surface area contributed by atoms with Gasteiger partial charge in [0.05, 0.1) is 5.56 Å². The summed E-state index contributed by atoms with van der Waals surface area (Å²) in [5.74, 6) is -3.90. The van der Waals surface area contributed by atoms with Crippen LogP contribution in [0.25, 0.3) is 0 Å². The van der Waals surface area contributed by atoms with Gasteiger partial charge in [-0.05, 0) is 19.1 Å². The molecule has 1 aromatic carbocycles. The first kappa shape index (κ1) is 17.5. The molecule has 1 aromatic rings. The molecule has 0 aliphatic heterocycles. The van der Waals surface area contributed by atoms with Gasteiger partial charge < -0.3 is 10.6 Å². The van der Waals surface area contributed by atoms with Crippen molar-refractivity contribution in [3.63, 3.8) is 0 Å². The first-order chi connectivity index (χ1) is 9.65. The fourth-order valence-corrected chi connectivity index (χ4v) is 1.56. The Morgan fingerprint density at radius 1 is 1.14 bits per heavy atom. The maximum atomic E-state index is 13.3. The zero-order valence-corrected chi connectivity index (χ0v) is 12.5. The van der Waals surface area contributed by atoms with Crippen molar-refractivity contribution in [2.75, 3.05) is 19.6 Å². The Labute approximate surface area is 122 Å². The lowest BCUT2D eigenvalue weighted by Crippen LogP contribution is -2.44. The fraction of sp³-hybridized carbons (Fsp3) is 0.533. The summed E-state index contributed by atoms with van der Waals surface area (Å²) in [6.07, 6.45) is 0. The molecule has 0 aliphatic carbocycles. The van der Waals surface area contributed by atoms with Gasteiger partial charge in [-0.3, -0.25) is 4.79 Å². The highest BCUT2D eigenvalue weighted by atomic mass is 19.3. The molecular weight excluding hydrogens is 281 g/mol. The lowest BCUT2D eigenvalue weighted by Gasteiger charge is -2.31. The molecule has 118 valence electrons. The monoisotopic (exact) mass is 302 g/mol. The fourth-order valence-electron chi connectivity index (χ4n) is 1.56. The molecule has 0 unspecified atom stereocenters. The summed E-state index contributed by atoms with van der Waals surface area (Å²) in [6, 6.07) is 5.67. The summed E-state index contributed by atoms with van der Waals surface area (Å²) in [4.78, 5) is 11.7. The van der Waals surface area contributed by atoms with Crippen molar-refractivity contribution < 1.29 is 18.0 Å². The second-order valence-electron chi connectivity index (χ2n) is 5.68. The van der Waals surface area contributed by atoms with Gasteiger partial charge in [-0.1, -0.05) is 26.0 Å². The molecule has 0 radical (unpaired) electrons. The van der Waals surface area contributed by atoms with Gasteiger partial charge in [-0.2, -0.15) is 0 Å². The number of carbonyl (C=O) groups excluding carboxylic acids is 1. The average Bonchev–Trinajstić information content (AvgIpc) is 2.37. The highest BCUT2D eigenvalue weighted by Gasteiger charge is 2.41. The van der Waals surface area contributed by atoms with Crippen molar-refractivity contribution in [1.82, 2.24) is 10.6 Å². The molecule has 0 saturated heterocycles. The number of benzene rings is 1. The van der Waals surface area contributed by atoms with Crippen LogP contribution in [-0.2, 0) is 0 Å². The molecule has 0 aliphatic rings. The molecule has 21 heavy (non-hydrogen) atoms. The molecule has 6 heteroatoms. The van der Waals surface area contributed by atoms with Gasteiger partial charge in [0.15, 0.2) is 0 Å². The molecule has 3 nitrogen and oxygen atoms in total. The van der Waals surface area contributed by atoms with E-state index in [1.54, 1.807) is 6.07 Å². The van der Waals surface area contributed by atoms with Crippen LogP contribution in [-0.4, -0.2) is 31.5 Å². The average molecular weight is 302 g/mol. The second-order valence-corrected chi connectivity index (χ2v) is 5.68. The molecule has 0 saturated carbocycles. The summed E-state index contributed by atoms with van der Waals surface area (Å²) in [5, 5.41) is 5.40. The van der Waals surface area contributed by atoms with E-state index in [9.17, 15) is 18.0 Å². The van der Waals surface area contributed by atoms with Crippen LogP contribution in [0.3, 0.4) is 0 Å². The molecule has 1 amide bonds. The van der Waals surface area contributed by atoms with Crippen LogP contribution in [0.1, 0.15) is 31.1 Å². The van der Waals surface area contributed by atoms with Crippen LogP contribution >= 0.6 is 0 Å². The second kappa shape index (κ2) is 6.93. The first-order valence-electron chi connectivity index (χ1n) is 6.76. The molecule has 0 bridgehead atoms. The van der Waals surface area contributed by atoms with Crippen molar-refractivity contribution in [1.29, 1.82) is 0 Å². The minimum Gasteiger partial charge on any atom is -0.351 e. The lowest BCUT2D eigenvalue weighted by molar-refractivity contribution is -0.0867. The quantitative estimate of drug-likeness (QED) is 0.761. The molecule has 2 N–H and O–H groups in total. The van der Waals surface area contributed by atoms with Crippen LogP contribution in [0, 0.1) is 11.2 Å². The zero-order chi connectivity index (χ0) is 16.1. The van der Waals surface area contributed by atoms with Crippen LogP contribution in [0.5, 0.6) is 0 Å². The van der Waals surface area contributed by atoms with Gasteiger partial charge in [0.1, 0.15) is 5.82 Å². The van der Waals surface area contributed by atoms with E-state index in [2.05, 4.69) is 10.6 Å². The number of hydrogen-bond donors (Lipinski definition) is 2. The number of hydrogen-bond acceptors (Lipinski definition) is 2. The minimum absolute atomic E-state index is 0.0297. The van der Waals surface area contributed by atoms with Gasteiger partial charge in [-0.15, -0.1) is 0 Å². The normalized spacial score (nSPS) is 12.3. The maximum absolute atomic E-state index is 13.3. The maximum Gasteiger partial charge on any atom is 0.254 e. The Hall–Kier alpha value is -1.56. The van der Waals surface area contributed by atoms with Gasteiger partial charge in [0, 0.05) is 25.0 Å². The van der Waals surface area contributed by atoms with E-state index in [4.69, 9.17) is 0 Å². The summed E-state index contributed by atoms with van der Waals surface area (Å²) in [7, 11) is 0. The van der Waals surface area contributed by atoms with Crippen molar-refractivity contribution in [3.8, 4) is 0 Å². The number of carbonyl (C=O) groups is 1. The van der Waals surface area contributed by atoms with Crippen LogP contribution in [0.4, 0.5) is 13.2 Å². The van der Waals surface area contributed by atoms with E-state index in [-0.39, 0.29) is 18.7 Å². The van der Waals surface area contributed by atoms with E-state index >= 15 is 0 Å². The Morgan fingerprint density at radius 2 is 1.76 bits per heavy atom. The number of rotatable bonds is 7. The van der Waals surface area contributed by atoms with Gasteiger partial charge in [0.2, 0.25) is 0 Å². The van der Waals surface area contributed by atoms with Crippen molar-refractivity contribution in [2.45, 2.75) is 26.7 Å². The SMILES string of the molecule is CC(F)(F)C(C)(C)CNCCNC(=O)c1ccccc1F. The summed E-state index contributed by atoms with van der Waals surface area (Å²) >= 11 is 0. The molecule has 0 spiro atoms. The number of halogens is 3. The van der Waals surface area contributed by atoms with Gasteiger partial charge >= 0.3 is 0 Å². The highest BCUT2D eigenvalue weighted by molar-refractivity contribution is 5.94. The molecule has 1 rings (SSSR count). The van der Waals surface area contributed by atoms with E-state index in [0.717, 1.165) is 6.92 Å². The standard InChI is InChI=1S/C15H21F3N2O/c1-14(2,15(3,17)18)10-19-8-9-20-13(21)11-6-4-5-7-12(11)16/h4-7,19H,8-10H2,1-3H3,(H,20,21). The zero-order valence-electron chi connectivity index (χ0n) is 12.5. The van der Waals surface area contributed by atoms with Crippen molar-refractivity contribution in [3.05, 3.63) is 35.6 Å². The first-order valence-corrected chi connectivity index (χ1v) is 6.76. The molecule has 0 aromatic heterocycles. The largest absolute Gasteiger partial charge is 0.351 e. The third-order valence-corrected chi connectivity index (χ3v) is 3.46. The van der Waals surface area contributed by atoms with Crippen molar-refractivity contribution in [2.24, 2.45) is 5.41 Å². The predicted molar refractivity (Wildman–Crippen MR) is 76.0 cm³/mol. The molecule has 0 atom stereocenters. The Kier molecular flexibility index (Phi) is 5.78. The smallest absolute Gasteiger partial charge is 0.254 e. The Bertz CT molecular complexity index is 484. The number of nitrogens with one attached hydrogen (secondary N) is 2. The lowest BCUT2D eigenvalue weighted by atomic mass is 9.86. The third kappa shape index (κ3) is 5.04. The molecular formula is C15H21F3N2O. The summed E-state index contributed by atoms with van der Waals surface area (Å²) < 4.78 is 39.8. The Morgan fingerprint density at radius 3 is 2.33 bits per heavy atom. The molecule has 0 fully saturated rings. The Balaban J connectivity index is 2.33. The predicted octanol–water partition coefficient (Wildman–Crippen LogP) is 2.83. The molecule has 0 heterocycles. The topological polar surface area (TPSA) is 41.1 Å².